The highest BCUT2D eigenvalue weighted by Gasteiger charge is 2.12. The molecule has 16 heavy (non-hydrogen) atoms. The predicted octanol–water partition coefficient (Wildman–Crippen LogP) is 3.06. The van der Waals surface area contributed by atoms with Crippen molar-refractivity contribution in [3.8, 4) is 6.07 Å². The summed E-state index contributed by atoms with van der Waals surface area (Å²) >= 11 is 1.51. The first-order valence-electron chi connectivity index (χ1n) is 5.27. The molecule has 3 nitrogen and oxygen atoms in total. The second-order valence-corrected chi connectivity index (χ2v) is 4.82. The third-order valence-corrected chi connectivity index (χ3v) is 3.38. The van der Waals surface area contributed by atoms with E-state index in [0.717, 1.165) is 22.7 Å². The molecule has 1 heterocycles. The van der Waals surface area contributed by atoms with Crippen LogP contribution in [0.15, 0.2) is 29.4 Å². The molecule has 0 saturated carbocycles. The number of aryl methyl sites for hydroxylation is 1. The second kappa shape index (κ2) is 4.58. The van der Waals surface area contributed by atoms with Crippen molar-refractivity contribution in [3.63, 3.8) is 0 Å². The van der Waals surface area contributed by atoms with Gasteiger partial charge < -0.3 is 4.57 Å². The van der Waals surface area contributed by atoms with Gasteiger partial charge in [-0.1, -0.05) is 23.9 Å². The van der Waals surface area contributed by atoms with Crippen molar-refractivity contribution in [2.24, 2.45) is 0 Å². The average molecular weight is 231 g/mol. The summed E-state index contributed by atoms with van der Waals surface area (Å²) < 4.78 is 2.15. The molecular weight excluding hydrogens is 218 g/mol. The highest BCUT2D eigenvalue weighted by Crippen LogP contribution is 2.26. The third kappa shape index (κ3) is 1.91. The Morgan fingerprint density at radius 2 is 2.25 bits per heavy atom. The lowest BCUT2D eigenvalue weighted by molar-refractivity contribution is 0.702. The van der Waals surface area contributed by atoms with Gasteiger partial charge in [0.2, 0.25) is 0 Å². The molecule has 0 aliphatic heterocycles. The zero-order valence-electron chi connectivity index (χ0n) is 9.34. The topological polar surface area (TPSA) is 41.6 Å². The minimum Gasteiger partial charge on any atom is -0.319 e. The van der Waals surface area contributed by atoms with E-state index in [2.05, 4.69) is 28.6 Å². The van der Waals surface area contributed by atoms with Crippen molar-refractivity contribution in [3.05, 3.63) is 24.3 Å². The monoisotopic (exact) mass is 231 g/mol. The number of benzene rings is 1. The van der Waals surface area contributed by atoms with Gasteiger partial charge in [0.25, 0.3) is 0 Å². The van der Waals surface area contributed by atoms with Crippen molar-refractivity contribution in [1.82, 2.24) is 9.55 Å². The normalized spacial score (nSPS) is 12.6. The van der Waals surface area contributed by atoms with Crippen LogP contribution in [0.25, 0.3) is 11.0 Å². The van der Waals surface area contributed by atoms with E-state index in [1.807, 2.05) is 25.1 Å². The molecule has 0 N–H and O–H groups in total. The maximum atomic E-state index is 8.83. The van der Waals surface area contributed by atoms with Gasteiger partial charge in [0.15, 0.2) is 5.16 Å². The maximum absolute atomic E-state index is 8.83. The molecule has 0 radical (unpaired) electrons. The Balaban J connectivity index is 2.49. The number of aromatic nitrogens is 2. The first kappa shape index (κ1) is 11.0. The van der Waals surface area contributed by atoms with Crippen LogP contribution in [0.1, 0.15) is 13.8 Å². The van der Waals surface area contributed by atoms with E-state index in [1.54, 1.807) is 0 Å². The predicted molar refractivity (Wildman–Crippen MR) is 66.3 cm³/mol. The molecule has 0 fully saturated rings. The first-order valence-corrected chi connectivity index (χ1v) is 6.15. The van der Waals surface area contributed by atoms with Gasteiger partial charge in [-0.15, -0.1) is 0 Å². The van der Waals surface area contributed by atoms with Crippen molar-refractivity contribution in [1.29, 1.82) is 5.26 Å². The fourth-order valence-electron chi connectivity index (χ4n) is 1.63. The van der Waals surface area contributed by atoms with Crippen LogP contribution >= 0.6 is 11.8 Å². The smallest absolute Gasteiger partial charge is 0.170 e. The molecule has 0 spiro atoms. The number of nitrogens with zero attached hydrogens (tertiary/aromatic N) is 3. The van der Waals surface area contributed by atoms with Crippen LogP contribution in [0.5, 0.6) is 0 Å². The van der Waals surface area contributed by atoms with Gasteiger partial charge in [0.1, 0.15) is 0 Å². The first-order chi connectivity index (χ1) is 7.76. The Bertz CT molecular complexity index is 539. The van der Waals surface area contributed by atoms with Crippen molar-refractivity contribution >= 4 is 22.8 Å². The van der Waals surface area contributed by atoms with E-state index in [-0.39, 0.29) is 5.25 Å². The van der Waals surface area contributed by atoms with E-state index in [4.69, 9.17) is 5.26 Å². The van der Waals surface area contributed by atoms with Crippen molar-refractivity contribution in [2.75, 3.05) is 0 Å². The Hall–Kier alpha value is -1.47. The van der Waals surface area contributed by atoms with Gasteiger partial charge in [-0.3, -0.25) is 0 Å². The summed E-state index contributed by atoms with van der Waals surface area (Å²) in [4.78, 5) is 4.55. The van der Waals surface area contributed by atoms with Gasteiger partial charge in [0.05, 0.1) is 22.4 Å². The number of imidazole rings is 1. The number of hydrogen-bond acceptors (Lipinski definition) is 3. The average Bonchev–Trinajstić information content (AvgIpc) is 2.65. The van der Waals surface area contributed by atoms with Crippen LogP contribution < -0.4 is 0 Å². The largest absolute Gasteiger partial charge is 0.319 e. The fourth-order valence-corrected chi connectivity index (χ4v) is 2.51. The lowest BCUT2D eigenvalue weighted by atomic mass is 10.3. The number of hydrogen-bond donors (Lipinski definition) is 0. The summed E-state index contributed by atoms with van der Waals surface area (Å²) in [5.41, 5.74) is 2.13. The maximum Gasteiger partial charge on any atom is 0.170 e. The van der Waals surface area contributed by atoms with Gasteiger partial charge in [-0.25, -0.2) is 4.98 Å². The van der Waals surface area contributed by atoms with Gasteiger partial charge in [-0.2, -0.15) is 5.26 Å². The number of fused-ring (bicyclic) bond motifs is 1. The van der Waals surface area contributed by atoms with Crippen LogP contribution in [-0.4, -0.2) is 14.8 Å². The zero-order chi connectivity index (χ0) is 11.5. The van der Waals surface area contributed by atoms with Crippen molar-refractivity contribution < 1.29 is 0 Å². The summed E-state index contributed by atoms with van der Waals surface area (Å²) in [5, 5.41) is 9.69. The minimum absolute atomic E-state index is 0.0675. The molecule has 0 amide bonds. The lowest BCUT2D eigenvalue weighted by Crippen LogP contribution is -1.99. The number of rotatable bonds is 3. The van der Waals surface area contributed by atoms with E-state index in [1.165, 1.54) is 11.8 Å². The van der Waals surface area contributed by atoms with E-state index >= 15 is 0 Å². The molecular formula is C12H13N3S. The fraction of sp³-hybridized carbons (Fsp3) is 0.333. The molecule has 1 unspecified atom stereocenters. The highest BCUT2D eigenvalue weighted by atomic mass is 32.2. The Labute approximate surface area is 99.1 Å². The third-order valence-electron chi connectivity index (χ3n) is 2.40. The Morgan fingerprint density at radius 3 is 2.94 bits per heavy atom. The van der Waals surface area contributed by atoms with E-state index < -0.39 is 0 Å². The summed E-state index contributed by atoms with van der Waals surface area (Å²) in [5.74, 6) is 0. The van der Waals surface area contributed by atoms with Gasteiger partial charge in [-0.05, 0) is 26.0 Å². The number of para-hydroxylation sites is 2. The molecule has 82 valence electrons. The summed E-state index contributed by atoms with van der Waals surface area (Å²) in [6.45, 7) is 4.86. The van der Waals surface area contributed by atoms with Crippen LogP contribution in [0.4, 0.5) is 0 Å². The molecule has 0 aliphatic rings. The SMILES string of the molecule is CCn1c(SC(C)C#N)nc2ccccc21. The standard InChI is InChI=1S/C12H13N3S/c1-3-15-11-7-5-4-6-10(11)14-12(15)16-9(2)8-13/h4-7,9H,3H2,1-2H3. The molecule has 4 heteroatoms. The molecule has 1 atom stereocenters. The molecule has 0 bridgehead atoms. The quantitative estimate of drug-likeness (QED) is 0.762. The van der Waals surface area contributed by atoms with Crippen LogP contribution in [0.3, 0.4) is 0 Å². The molecule has 2 aromatic rings. The molecule has 0 aliphatic carbocycles. The summed E-state index contributed by atoms with van der Waals surface area (Å²) in [7, 11) is 0. The highest BCUT2D eigenvalue weighted by molar-refractivity contribution is 8.00. The lowest BCUT2D eigenvalue weighted by Gasteiger charge is -2.05. The van der Waals surface area contributed by atoms with Gasteiger partial charge in [0, 0.05) is 6.54 Å². The van der Waals surface area contributed by atoms with E-state index in [0.29, 0.717) is 0 Å². The second-order valence-electron chi connectivity index (χ2n) is 3.52. The van der Waals surface area contributed by atoms with Gasteiger partial charge >= 0.3 is 0 Å². The molecule has 1 aromatic carbocycles. The zero-order valence-corrected chi connectivity index (χ0v) is 10.2. The minimum atomic E-state index is -0.0675. The molecule has 0 saturated heterocycles. The number of nitriles is 1. The van der Waals surface area contributed by atoms with Crippen LogP contribution in [-0.2, 0) is 6.54 Å². The summed E-state index contributed by atoms with van der Waals surface area (Å²) in [6, 6.07) is 10.3. The number of thioether (sulfide) groups is 1. The van der Waals surface area contributed by atoms with Crippen LogP contribution in [0.2, 0.25) is 0 Å². The van der Waals surface area contributed by atoms with Crippen molar-refractivity contribution in [2.45, 2.75) is 30.8 Å². The molecule has 2 rings (SSSR count). The van der Waals surface area contributed by atoms with E-state index in [9.17, 15) is 0 Å². The van der Waals surface area contributed by atoms with Crippen LogP contribution in [0, 0.1) is 11.3 Å². The summed E-state index contributed by atoms with van der Waals surface area (Å²) in [6.07, 6.45) is 0. The Morgan fingerprint density at radius 1 is 1.50 bits per heavy atom. The Kier molecular flexibility index (Phi) is 3.16. The molecule has 1 aromatic heterocycles.